The molecular weight excluding hydrogens is 558 g/mol. The van der Waals surface area contributed by atoms with Crippen molar-refractivity contribution in [3.8, 4) is 11.1 Å². The quantitative estimate of drug-likeness (QED) is 0.227. The lowest BCUT2D eigenvalue weighted by molar-refractivity contribution is -0.127. The molecule has 2 amide bonds. The van der Waals surface area contributed by atoms with E-state index in [1.165, 1.54) is 0 Å². The summed E-state index contributed by atoms with van der Waals surface area (Å²) in [5, 5.41) is 0. The highest BCUT2D eigenvalue weighted by molar-refractivity contribution is 9.10. The Hall–Kier alpha value is -4.20. The van der Waals surface area contributed by atoms with Crippen LogP contribution in [0.3, 0.4) is 0 Å². The standard InChI is InChI=1S/C32H20BrNO5/c33-21-14-10-20(11-15-21)27-25-26(32(39-27)28(35)23-8-4-5-9-24(23)29(32)36)31(38)34(30(25)37)22-16-12-19(13-17-22)18-6-2-1-3-7-18/h1-17,25-27H/t25-,26+,27+/m1/s1. The molecule has 3 aliphatic rings. The maximum Gasteiger partial charge on any atom is 0.241 e. The molecule has 2 heterocycles. The van der Waals surface area contributed by atoms with Gasteiger partial charge in [0, 0.05) is 15.6 Å². The van der Waals surface area contributed by atoms with Gasteiger partial charge in [-0.3, -0.25) is 19.2 Å². The molecule has 7 heteroatoms. The number of fused-ring (bicyclic) bond motifs is 3. The summed E-state index contributed by atoms with van der Waals surface area (Å²) >= 11 is 3.41. The molecule has 3 atom stereocenters. The maximum atomic E-state index is 14.1. The van der Waals surface area contributed by atoms with Crippen molar-refractivity contribution in [3.63, 3.8) is 0 Å². The molecule has 1 spiro atoms. The fraction of sp³-hybridized carbons (Fsp3) is 0.125. The predicted octanol–water partition coefficient (Wildman–Crippen LogP) is 5.81. The van der Waals surface area contributed by atoms with E-state index in [4.69, 9.17) is 4.74 Å². The first kappa shape index (κ1) is 23.9. The number of hydrogen-bond donors (Lipinski definition) is 0. The Bertz CT molecular complexity index is 1650. The zero-order valence-corrected chi connectivity index (χ0v) is 22.0. The van der Waals surface area contributed by atoms with E-state index in [0.29, 0.717) is 11.3 Å². The third-order valence-corrected chi connectivity index (χ3v) is 8.48. The van der Waals surface area contributed by atoms with Gasteiger partial charge in [-0.15, -0.1) is 0 Å². The van der Waals surface area contributed by atoms with Crippen LogP contribution >= 0.6 is 15.9 Å². The summed E-state index contributed by atoms with van der Waals surface area (Å²) in [6.45, 7) is 0. The number of amides is 2. The van der Waals surface area contributed by atoms with Crippen LogP contribution in [0.15, 0.2) is 108 Å². The van der Waals surface area contributed by atoms with Crippen molar-refractivity contribution in [3.05, 3.63) is 124 Å². The van der Waals surface area contributed by atoms with Gasteiger partial charge in [0.15, 0.2) is 0 Å². The second-order valence-corrected chi connectivity index (χ2v) is 10.9. The zero-order valence-electron chi connectivity index (χ0n) is 20.4. The molecule has 2 aliphatic heterocycles. The lowest BCUT2D eigenvalue weighted by atomic mass is 9.77. The molecule has 0 bridgehead atoms. The van der Waals surface area contributed by atoms with Crippen LogP contribution < -0.4 is 4.90 Å². The normalized spacial score (nSPS) is 23.0. The molecule has 0 radical (unpaired) electrons. The second-order valence-electron chi connectivity index (χ2n) is 9.96. The first-order chi connectivity index (χ1) is 18.9. The van der Waals surface area contributed by atoms with Crippen LogP contribution in [0.4, 0.5) is 5.69 Å². The number of imide groups is 1. The van der Waals surface area contributed by atoms with Gasteiger partial charge < -0.3 is 4.74 Å². The number of halogens is 1. The summed E-state index contributed by atoms with van der Waals surface area (Å²) in [7, 11) is 0. The van der Waals surface area contributed by atoms with Crippen LogP contribution in [0.5, 0.6) is 0 Å². The number of hydrogen-bond acceptors (Lipinski definition) is 5. The van der Waals surface area contributed by atoms with E-state index in [-0.39, 0.29) is 11.1 Å². The van der Waals surface area contributed by atoms with Crippen molar-refractivity contribution >= 4 is 45.0 Å². The maximum absolute atomic E-state index is 14.1. The van der Waals surface area contributed by atoms with Gasteiger partial charge in [-0.2, -0.15) is 0 Å². The molecule has 4 aromatic carbocycles. The van der Waals surface area contributed by atoms with E-state index in [1.807, 2.05) is 42.5 Å². The third-order valence-electron chi connectivity index (χ3n) is 7.95. The number of nitrogens with zero attached hydrogens (tertiary/aromatic N) is 1. The van der Waals surface area contributed by atoms with Crippen molar-refractivity contribution in [2.75, 3.05) is 4.90 Å². The highest BCUT2D eigenvalue weighted by Gasteiger charge is 2.74. The van der Waals surface area contributed by atoms with Crippen molar-refractivity contribution in [2.45, 2.75) is 11.7 Å². The van der Waals surface area contributed by atoms with Crippen molar-refractivity contribution < 1.29 is 23.9 Å². The smallest absolute Gasteiger partial charge is 0.241 e. The van der Waals surface area contributed by atoms with Crippen molar-refractivity contribution in [1.82, 2.24) is 0 Å². The van der Waals surface area contributed by atoms with Crippen LogP contribution in [0.1, 0.15) is 32.4 Å². The number of Topliss-reactive ketones (excluding diaryl/α,β-unsaturated/α-hetero) is 2. The number of anilines is 1. The first-order valence-electron chi connectivity index (χ1n) is 12.6. The average Bonchev–Trinajstić information content (AvgIpc) is 3.54. The van der Waals surface area contributed by atoms with Gasteiger partial charge in [-0.1, -0.05) is 94.8 Å². The minimum atomic E-state index is -2.09. The number of carbonyl (C=O) groups excluding carboxylic acids is 4. The molecule has 0 unspecified atom stereocenters. The Kier molecular flexibility index (Phi) is 5.30. The minimum absolute atomic E-state index is 0.212. The average molecular weight is 578 g/mol. The molecule has 39 heavy (non-hydrogen) atoms. The molecule has 2 saturated heterocycles. The Morgan fingerprint density at radius 3 is 1.82 bits per heavy atom. The summed E-state index contributed by atoms with van der Waals surface area (Å²) in [6.07, 6.45) is -0.949. The Labute approximate surface area is 232 Å². The van der Waals surface area contributed by atoms with Crippen LogP contribution in [0.25, 0.3) is 11.1 Å². The van der Waals surface area contributed by atoms with Gasteiger partial charge in [0.25, 0.3) is 0 Å². The largest absolute Gasteiger partial charge is 0.349 e. The van der Waals surface area contributed by atoms with Crippen molar-refractivity contribution in [1.29, 1.82) is 0 Å². The zero-order chi connectivity index (χ0) is 26.9. The van der Waals surface area contributed by atoms with E-state index < -0.39 is 46.9 Å². The van der Waals surface area contributed by atoms with E-state index in [0.717, 1.165) is 20.5 Å². The summed E-state index contributed by atoms with van der Waals surface area (Å²) in [5.41, 5.74) is 1.28. The van der Waals surface area contributed by atoms with E-state index in [2.05, 4.69) is 15.9 Å². The molecule has 2 fully saturated rings. The molecular formula is C32H20BrNO5. The molecule has 0 saturated carbocycles. The number of benzene rings is 4. The fourth-order valence-corrected chi connectivity index (χ4v) is 6.42. The second kappa shape index (κ2) is 8.66. The predicted molar refractivity (Wildman–Crippen MR) is 147 cm³/mol. The highest BCUT2D eigenvalue weighted by atomic mass is 79.9. The Morgan fingerprint density at radius 1 is 0.641 bits per heavy atom. The molecule has 4 aromatic rings. The van der Waals surface area contributed by atoms with Crippen LogP contribution in [-0.2, 0) is 14.3 Å². The third kappa shape index (κ3) is 3.30. The highest BCUT2D eigenvalue weighted by Crippen LogP contribution is 2.57. The number of ketones is 2. The summed E-state index contributed by atoms with van der Waals surface area (Å²) in [4.78, 5) is 57.0. The number of rotatable bonds is 3. The summed E-state index contributed by atoms with van der Waals surface area (Å²) in [5.74, 6) is -4.54. The lowest BCUT2D eigenvalue weighted by Crippen LogP contribution is -2.51. The summed E-state index contributed by atoms with van der Waals surface area (Å²) < 4.78 is 7.15. The van der Waals surface area contributed by atoms with Crippen LogP contribution in [0, 0.1) is 11.8 Å². The van der Waals surface area contributed by atoms with Crippen LogP contribution in [-0.4, -0.2) is 29.0 Å². The monoisotopic (exact) mass is 577 g/mol. The fourth-order valence-electron chi connectivity index (χ4n) is 6.16. The number of ether oxygens (including phenoxy) is 1. The topological polar surface area (TPSA) is 80.8 Å². The van der Waals surface area contributed by atoms with Gasteiger partial charge in [-0.25, -0.2) is 4.90 Å². The lowest BCUT2D eigenvalue weighted by Gasteiger charge is -2.27. The van der Waals surface area contributed by atoms with E-state index >= 15 is 0 Å². The Morgan fingerprint density at radius 2 is 1.21 bits per heavy atom. The SMILES string of the molecule is O=C1[C@@H]2[C@@H](C(=O)N1c1ccc(-c3ccccc3)cc1)C1(O[C@H]2c2ccc(Br)cc2)C(=O)c2ccccc2C1=O. The van der Waals surface area contributed by atoms with Crippen molar-refractivity contribution in [2.24, 2.45) is 11.8 Å². The minimum Gasteiger partial charge on any atom is -0.349 e. The van der Waals surface area contributed by atoms with Gasteiger partial charge >= 0.3 is 0 Å². The van der Waals surface area contributed by atoms with Gasteiger partial charge in [0.05, 0.1) is 23.6 Å². The molecule has 6 nitrogen and oxygen atoms in total. The first-order valence-corrected chi connectivity index (χ1v) is 13.4. The van der Waals surface area contributed by atoms with Crippen LogP contribution in [0.2, 0.25) is 0 Å². The molecule has 0 N–H and O–H groups in total. The Balaban J connectivity index is 1.34. The molecule has 190 valence electrons. The molecule has 1 aliphatic carbocycles. The van der Waals surface area contributed by atoms with E-state index in [9.17, 15) is 19.2 Å². The van der Waals surface area contributed by atoms with Gasteiger partial charge in [-0.05, 0) is 41.0 Å². The van der Waals surface area contributed by atoms with E-state index in [1.54, 1.807) is 60.7 Å². The number of carbonyl (C=O) groups is 4. The molecule has 7 rings (SSSR count). The molecule has 0 aromatic heterocycles. The summed E-state index contributed by atoms with van der Waals surface area (Å²) in [6, 6.07) is 30.5. The van der Waals surface area contributed by atoms with Gasteiger partial charge in [0.1, 0.15) is 0 Å². The van der Waals surface area contributed by atoms with Gasteiger partial charge in [0.2, 0.25) is 29.0 Å².